The number of hydrogen-bond acceptors (Lipinski definition) is 4. The lowest BCUT2D eigenvalue weighted by molar-refractivity contribution is 0.102. The molecule has 1 N–H and O–H groups in total. The fraction of sp³-hybridized carbons (Fsp3) is 0.263. The quantitative estimate of drug-likeness (QED) is 0.751. The number of aryl methyl sites for hydroxylation is 1. The Balaban J connectivity index is 1.70. The first-order valence-electron chi connectivity index (χ1n) is 8.15. The highest BCUT2D eigenvalue weighted by Gasteiger charge is 2.09. The predicted octanol–water partition coefficient (Wildman–Crippen LogP) is 2.84. The van der Waals surface area contributed by atoms with E-state index in [0.717, 1.165) is 23.6 Å². The van der Waals surface area contributed by atoms with Gasteiger partial charge in [-0.25, -0.2) is 4.98 Å². The first-order valence-corrected chi connectivity index (χ1v) is 8.15. The van der Waals surface area contributed by atoms with Crippen LogP contribution in [0.3, 0.4) is 0 Å². The molecule has 6 nitrogen and oxygen atoms in total. The molecule has 1 amide bonds. The van der Waals surface area contributed by atoms with Crippen LogP contribution < -0.4 is 10.1 Å². The van der Waals surface area contributed by atoms with Crippen molar-refractivity contribution in [1.29, 1.82) is 0 Å². The van der Waals surface area contributed by atoms with Crippen molar-refractivity contribution < 1.29 is 9.53 Å². The third-order valence-corrected chi connectivity index (χ3v) is 3.87. The monoisotopic (exact) mass is 338 g/mol. The summed E-state index contributed by atoms with van der Waals surface area (Å²) in [4.78, 5) is 18.8. The van der Waals surface area contributed by atoms with Crippen LogP contribution in [-0.2, 0) is 0 Å². The van der Waals surface area contributed by atoms with Crippen LogP contribution in [0, 0.1) is 6.92 Å². The lowest BCUT2D eigenvalue weighted by Gasteiger charge is -2.12. The number of likely N-dealkylation sites (N-methyl/N-ethyl adjacent to an activating group) is 1. The van der Waals surface area contributed by atoms with Crippen LogP contribution in [0.25, 0.3) is 5.52 Å². The van der Waals surface area contributed by atoms with E-state index in [2.05, 4.69) is 15.2 Å². The molecule has 0 saturated heterocycles. The minimum absolute atomic E-state index is 0.166. The van der Waals surface area contributed by atoms with Gasteiger partial charge in [-0.2, -0.15) is 0 Å². The van der Waals surface area contributed by atoms with E-state index < -0.39 is 0 Å². The molecule has 0 aliphatic carbocycles. The van der Waals surface area contributed by atoms with Crippen molar-refractivity contribution in [2.45, 2.75) is 6.92 Å². The van der Waals surface area contributed by atoms with Crippen LogP contribution in [0.1, 0.15) is 16.2 Å². The summed E-state index contributed by atoms with van der Waals surface area (Å²) in [5, 5.41) is 2.91. The van der Waals surface area contributed by atoms with Gasteiger partial charge in [-0.3, -0.25) is 4.79 Å². The van der Waals surface area contributed by atoms with Gasteiger partial charge in [-0.15, -0.1) is 0 Å². The number of hydrogen-bond donors (Lipinski definition) is 1. The van der Waals surface area contributed by atoms with Crippen molar-refractivity contribution in [1.82, 2.24) is 14.3 Å². The molecule has 0 saturated carbocycles. The number of nitrogens with one attached hydrogen (secondary N) is 1. The van der Waals surface area contributed by atoms with E-state index in [1.54, 1.807) is 18.5 Å². The number of fused-ring (bicyclic) bond motifs is 1. The smallest absolute Gasteiger partial charge is 0.257 e. The van der Waals surface area contributed by atoms with E-state index >= 15 is 0 Å². The number of anilines is 1. The standard InChI is InChI=1S/C19H22N4O2/c1-14-20-12-17-8-7-15(13-23(14)17)19(24)21-16-5-4-6-18(11-16)25-10-9-22(2)3/h4-8,11-13H,9-10H2,1-3H3,(H,21,24). The second-order valence-electron chi connectivity index (χ2n) is 6.15. The van der Waals surface area contributed by atoms with Crippen LogP contribution in [0.4, 0.5) is 5.69 Å². The number of amides is 1. The first kappa shape index (κ1) is 17.0. The number of ether oxygens (including phenoxy) is 1. The molecule has 6 heteroatoms. The van der Waals surface area contributed by atoms with E-state index in [4.69, 9.17) is 4.74 Å². The predicted molar refractivity (Wildman–Crippen MR) is 98.4 cm³/mol. The third-order valence-electron chi connectivity index (χ3n) is 3.87. The molecule has 0 radical (unpaired) electrons. The first-order chi connectivity index (χ1) is 12.0. The number of carbonyl (C=O) groups excluding carboxylic acids is 1. The molecule has 0 bridgehead atoms. The molecule has 0 spiro atoms. The summed E-state index contributed by atoms with van der Waals surface area (Å²) in [5.74, 6) is 1.42. The molecule has 3 rings (SSSR count). The minimum atomic E-state index is -0.166. The van der Waals surface area contributed by atoms with Gasteiger partial charge in [0.15, 0.2) is 0 Å². The van der Waals surface area contributed by atoms with Gasteiger partial charge < -0.3 is 19.4 Å². The van der Waals surface area contributed by atoms with E-state index in [1.165, 1.54) is 0 Å². The zero-order valence-corrected chi connectivity index (χ0v) is 14.7. The Morgan fingerprint density at radius 1 is 1.28 bits per heavy atom. The average molecular weight is 338 g/mol. The Morgan fingerprint density at radius 2 is 2.12 bits per heavy atom. The maximum Gasteiger partial charge on any atom is 0.257 e. The summed E-state index contributed by atoms with van der Waals surface area (Å²) < 4.78 is 7.60. The molecular formula is C19H22N4O2. The Bertz CT molecular complexity index is 886. The number of benzene rings is 1. The lowest BCUT2D eigenvalue weighted by Crippen LogP contribution is -2.19. The molecule has 130 valence electrons. The Kier molecular flexibility index (Phi) is 5.00. The Morgan fingerprint density at radius 3 is 2.92 bits per heavy atom. The molecule has 1 aromatic carbocycles. The zero-order chi connectivity index (χ0) is 17.8. The second kappa shape index (κ2) is 7.36. The largest absolute Gasteiger partial charge is 0.492 e. The summed E-state index contributed by atoms with van der Waals surface area (Å²) in [6.07, 6.45) is 3.58. The van der Waals surface area contributed by atoms with Crippen molar-refractivity contribution in [2.24, 2.45) is 0 Å². The number of rotatable bonds is 6. The molecule has 0 atom stereocenters. The van der Waals surface area contributed by atoms with Gasteiger partial charge in [-0.1, -0.05) is 6.07 Å². The third kappa shape index (κ3) is 4.16. The molecule has 0 unspecified atom stereocenters. The molecule has 0 fully saturated rings. The van der Waals surface area contributed by atoms with Crippen molar-refractivity contribution >= 4 is 17.1 Å². The molecular weight excluding hydrogens is 316 g/mol. The number of nitrogens with zero attached hydrogens (tertiary/aromatic N) is 3. The highest BCUT2D eigenvalue weighted by Crippen LogP contribution is 2.18. The highest BCUT2D eigenvalue weighted by atomic mass is 16.5. The van der Waals surface area contributed by atoms with Crippen LogP contribution >= 0.6 is 0 Å². The van der Waals surface area contributed by atoms with Crippen LogP contribution in [0.15, 0.2) is 48.8 Å². The molecule has 2 heterocycles. The Labute approximate surface area is 147 Å². The average Bonchev–Trinajstić information content (AvgIpc) is 2.95. The van der Waals surface area contributed by atoms with Crippen molar-refractivity contribution in [3.8, 4) is 5.75 Å². The summed E-state index contributed by atoms with van der Waals surface area (Å²) in [6.45, 7) is 3.34. The molecule has 0 aliphatic heterocycles. The molecule has 3 aromatic rings. The lowest BCUT2D eigenvalue weighted by atomic mass is 10.2. The van der Waals surface area contributed by atoms with Gasteiger partial charge in [0.1, 0.15) is 18.2 Å². The molecule has 25 heavy (non-hydrogen) atoms. The molecule has 2 aromatic heterocycles. The fourth-order valence-corrected chi connectivity index (χ4v) is 2.47. The van der Waals surface area contributed by atoms with Gasteiger partial charge in [-0.05, 0) is 45.3 Å². The van der Waals surface area contributed by atoms with Gasteiger partial charge in [0.2, 0.25) is 0 Å². The van der Waals surface area contributed by atoms with Crippen LogP contribution in [0.5, 0.6) is 5.75 Å². The second-order valence-corrected chi connectivity index (χ2v) is 6.15. The van der Waals surface area contributed by atoms with E-state index in [0.29, 0.717) is 17.9 Å². The summed E-state index contributed by atoms with van der Waals surface area (Å²) in [7, 11) is 4.00. The van der Waals surface area contributed by atoms with Crippen LogP contribution in [-0.4, -0.2) is 47.4 Å². The summed E-state index contributed by atoms with van der Waals surface area (Å²) >= 11 is 0. The van der Waals surface area contributed by atoms with Crippen LogP contribution in [0.2, 0.25) is 0 Å². The topological polar surface area (TPSA) is 58.9 Å². The SMILES string of the molecule is Cc1ncc2ccc(C(=O)Nc3cccc(OCCN(C)C)c3)cn12. The molecule has 0 aliphatic rings. The van der Waals surface area contributed by atoms with Gasteiger partial charge in [0.05, 0.1) is 17.3 Å². The van der Waals surface area contributed by atoms with Crippen molar-refractivity contribution in [2.75, 3.05) is 32.6 Å². The number of carbonyl (C=O) groups is 1. The summed E-state index contributed by atoms with van der Waals surface area (Å²) in [6, 6.07) is 11.1. The minimum Gasteiger partial charge on any atom is -0.492 e. The van der Waals surface area contributed by atoms with Gasteiger partial charge in [0.25, 0.3) is 5.91 Å². The number of aromatic nitrogens is 2. The van der Waals surface area contributed by atoms with Gasteiger partial charge >= 0.3 is 0 Å². The van der Waals surface area contributed by atoms with Crippen molar-refractivity contribution in [3.05, 3.63) is 60.2 Å². The maximum atomic E-state index is 12.5. The highest BCUT2D eigenvalue weighted by molar-refractivity contribution is 6.04. The summed E-state index contributed by atoms with van der Waals surface area (Å²) in [5.41, 5.74) is 2.24. The van der Waals surface area contributed by atoms with E-state index in [1.807, 2.05) is 55.8 Å². The number of imidazole rings is 1. The normalized spacial score (nSPS) is 11.0. The van der Waals surface area contributed by atoms with E-state index in [-0.39, 0.29) is 5.91 Å². The Hall–Kier alpha value is -2.86. The van der Waals surface area contributed by atoms with Crippen molar-refractivity contribution in [3.63, 3.8) is 0 Å². The number of pyridine rings is 1. The van der Waals surface area contributed by atoms with E-state index in [9.17, 15) is 4.79 Å². The van der Waals surface area contributed by atoms with Gasteiger partial charge in [0, 0.05) is 24.5 Å². The fourth-order valence-electron chi connectivity index (χ4n) is 2.47. The maximum absolute atomic E-state index is 12.5. The zero-order valence-electron chi connectivity index (χ0n) is 14.7.